The van der Waals surface area contributed by atoms with Gasteiger partial charge in [-0.25, -0.2) is 8.42 Å². The van der Waals surface area contributed by atoms with Crippen LogP contribution in [0.15, 0.2) is 23.4 Å². The molecule has 1 aromatic rings. The normalized spacial score (nSPS) is 14.8. The van der Waals surface area contributed by atoms with Gasteiger partial charge in [0.15, 0.2) is 0 Å². The lowest BCUT2D eigenvalue weighted by Crippen LogP contribution is -2.06. The van der Waals surface area contributed by atoms with Crippen molar-refractivity contribution in [2.75, 3.05) is 6.61 Å². The summed E-state index contributed by atoms with van der Waals surface area (Å²) in [5.41, 5.74) is 3.63. The minimum atomic E-state index is -2.83. The van der Waals surface area contributed by atoms with Gasteiger partial charge in [0.2, 0.25) is 0 Å². The van der Waals surface area contributed by atoms with Gasteiger partial charge in [0.1, 0.15) is 6.61 Å². The molecule has 0 atom stereocenters. The van der Waals surface area contributed by atoms with Crippen molar-refractivity contribution in [1.82, 2.24) is 0 Å². The predicted octanol–water partition coefficient (Wildman–Crippen LogP) is 1.16. The zero-order chi connectivity index (χ0) is 12.3. The fourth-order valence-corrected chi connectivity index (χ4v) is 2.11. The van der Waals surface area contributed by atoms with Crippen LogP contribution in [0.1, 0.15) is 23.1 Å². The lowest BCUT2D eigenvalue weighted by molar-refractivity contribution is 0.174. The van der Waals surface area contributed by atoms with Crippen molar-refractivity contribution in [3.63, 3.8) is 0 Å². The van der Waals surface area contributed by atoms with Crippen LogP contribution in [-0.4, -0.2) is 20.7 Å². The molecule has 0 radical (unpaired) electrons. The molecule has 5 nitrogen and oxygen atoms in total. The highest BCUT2D eigenvalue weighted by molar-refractivity contribution is 7.67. The summed E-state index contributed by atoms with van der Waals surface area (Å²) in [4.78, 5) is 4.97. The number of aryl methyl sites for hydroxylation is 1. The molecule has 0 bridgehead atoms. The number of rotatable bonds is 4. The number of nitrogens with zero attached hydrogens (tertiary/aromatic N) is 1. The molecule has 0 amide bonds. The van der Waals surface area contributed by atoms with Crippen LogP contribution in [0.3, 0.4) is 0 Å². The average Bonchev–Trinajstić information content (AvgIpc) is 2.79. The van der Waals surface area contributed by atoms with E-state index in [2.05, 4.69) is 9.34 Å². The molecule has 0 saturated heterocycles. The van der Waals surface area contributed by atoms with Crippen LogP contribution in [0.5, 0.6) is 0 Å². The van der Waals surface area contributed by atoms with Crippen LogP contribution < -0.4 is 0 Å². The van der Waals surface area contributed by atoms with Gasteiger partial charge in [0.25, 0.3) is 11.0 Å². The van der Waals surface area contributed by atoms with Gasteiger partial charge in [-0.3, -0.25) is 4.18 Å². The number of hydrogen-bond acceptors (Lipinski definition) is 5. The molecule has 0 unspecified atom stereocenters. The van der Waals surface area contributed by atoms with E-state index in [0.717, 1.165) is 28.8 Å². The highest BCUT2D eigenvalue weighted by Gasteiger charge is 2.16. The van der Waals surface area contributed by atoms with E-state index >= 15 is 0 Å². The molecule has 0 aromatic heterocycles. The Morgan fingerprint density at radius 2 is 2.29 bits per heavy atom. The summed E-state index contributed by atoms with van der Waals surface area (Å²) in [6, 6.07) is 5.66. The molecule has 1 aliphatic heterocycles. The van der Waals surface area contributed by atoms with Crippen molar-refractivity contribution in [2.45, 2.75) is 20.0 Å². The van der Waals surface area contributed by atoms with Gasteiger partial charge in [-0.2, -0.15) is 0 Å². The summed E-state index contributed by atoms with van der Waals surface area (Å²) in [6.07, 6.45) is 0.737. The number of oxime groups is 1. The summed E-state index contributed by atoms with van der Waals surface area (Å²) in [7, 11) is -2.83. The molecule has 1 aliphatic rings. The number of thiol groups is 1. The lowest BCUT2D eigenvalue weighted by atomic mass is 9.97. The van der Waals surface area contributed by atoms with E-state index in [1.54, 1.807) is 0 Å². The van der Waals surface area contributed by atoms with Crippen molar-refractivity contribution < 1.29 is 17.4 Å². The lowest BCUT2D eigenvalue weighted by Gasteiger charge is -2.10. The Labute approximate surface area is 101 Å². The largest absolute Gasteiger partial charge is 0.395 e. The SMILES string of the molecule is Cc1cccc(CO[SH](=O)=O)c1C1=NOCC1. The van der Waals surface area contributed by atoms with E-state index < -0.39 is 11.0 Å². The van der Waals surface area contributed by atoms with Gasteiger partial charge in [-0.15, -0.1) is 0 Å². The fourth-order valence-electron chi connectivity index (χ4n) is 1.87. The maximum atomic E-state index is 10.5. The first-order valence-electron chi connectivity index (χ1n) is 5.23. The maximum absolute atomic E-state index is 10.5. The molecule has 17 heavy (non-hydrogen) atoms. The molecule has 0 spiro atoms. The van der Waals surface area contributed by atoms with E-state index in [-0.39, 0.29) is 6.61 Å². The summed E-state index contributed by atoms with van der Waals surface area (Å²) in [5.74, 6) is 0. The molecule has 0 fully saturated rings. The first kappa shape index (κ1) is 12.1. The average molecular weight is 255 g/mol. The highest BCUT2D eigenvalue weighted by Crippen LogP contribution is 2.20. The Hall–Kier alpha value is -1.40. The minimum absolute atomic E-state index is 0.0364. The van der Waals surface area contributed by atoms with Crippen LogP contribution in [-0.2, 0) is 26.6 Å². The molecular formula is C11H13NO4S. The van der Waals surface area contributed by atoms with Crippen molar-refractivity contribution in [2.24, 2.45) is 5.16 Å². The zero-order valence-electron chi connectivity index (χ0n) is 9.38. The molecule has 0 saturated carbocycles. The zero-order valence-corrected chi connectivity index (χ0v) is 10.3. The first-order valence-corrected chi connectivity index (χ1v) is 6.33. The summed E-state index contributed by atoms with van der Waals surface area (Å²) < 4.78 is 25.5. The molecule has 2 rings (SSSR count). The van der Waals surface area contributed by atoms with E-state index in [1.807, 2.05) is 25.1 Å². The Morgan fingerprint density at radius 3 is 2.94 bits per heavy atom. The Morgan fingerprint density at radius 1 is 1.47 bits per heavy atom. The standard InChI is InChI=1S/C11H13NO4S/c1-8-3-2-4-9(7-16-17(13)14)11(8)10-5-6-15-12-10/h2-4,17H,5-7H2,1H3. The van der Waals surface area contributed by atoms with E-state index in [4.69, 9.17) is 4.84 Å². The third kappa shape index (κ3) is 2.83. The van der Waals surface area contributed by atoms with Gasteiger partial charge in [0.05, 0.1) is 12.3 Å². The second-order valence-electron chi connectivity index (χ2n) is 3.73. The van der Waals surface area contributed by atoms with Crippen molar-refractivity contribution >= 4 is 16.7 Å². The molecule has 6 heteroatoms. The highest BCUT2D eigenvalue weighted by atomic mass is 32.2. The molecule has 0 N–H and O–H groups in total. The van der Waals surface area contributed by atoms with Crippen LogP contribution in [0.25, 0.3) is 0 Å². The van der Waals surface area contributed by atoms with Gasteiger partial charge in [-0.1, -0.05) is 23.4 Å². The van der Waals surface area contributed by atoms with E-state index in [9.17, 15) is 8.42 Å². The van der Waals surface area contributed by atoms with Crippen LogP contribution in [0.4, 0.5) is 0 Å². The fraction of sp³-hybridized carbons (Fsp3) is 0.364. The predicted molar refractivity (Wildman–Crippen MR) is 63.4 cm³/mol. The van der Waals surface area contributed by atoms with Gasteiger partial charge in [0, 0.05) is 12.0 Å². The van der Waals surface area contributed by atoms with Gasteiger partial charge >= 0.3 is 0 Å². The summed E-state index contributed by atoms with van der Waals surface area (Å²) >= 11 is 0. The molecule has 1 aromatic carbocycles. The molecule has 0 aliphatic carbocycles. The Kier molecular flexibility index (Phi) is 3.75. The number of hydrogen-bond donors (Lipinski definition) is 1. The summed E-state index contributed by atoms with van der Waals surface area (Å²) in [6.45, 7) is 2.56. The van der Waals surface area contributed by atoms with Crippen molar-refractivity contribution in [3.05, 3.63) is 34.9 Å². The third-order valence-electron chi connectivity index (χ3n) is 2.58. The van der Waals surface area contributed by atoms with Gasteiger partial charge < -0.3 is 4.84 Å². The monoisotopic (exact) mass is 255 g/mol. The molecular weight excluding hydrogens is 242 g/mol. The Balaban J connectivity index is 2.34. The first-order chi connectivity index (χ1) is 8.18. The second kappa shape index (κ2) is 5.29. The van der Waals surface area contributed by atoms with Crippen LogP contribution in [0.2, 0.25) is 0 Å². The second-order valence-corrected chi connectivity index (χ2v) is 4.43. The van der Waals surface area contributed by atoms with E-state index in [1.165, 1.54) is 0 Å². The molecule has 1 heterocycles. The minimum Gasteiger partial charge on any atom is -0.395 e. The van der Waals surface area contributed by atoms with Crippen LogP contribution >= 0.6 is 0 Å². The summed E-state index contributed by atoms with van der Waals surface area (Å²) in [5, 5.41) is 3.96. The third-order valence-corrected chi connectivity index (χ3v) is 2.92. The van der Waals surface area contributed by atoms with Crippen LogP contribution in [0, 0.1) is 6.92 Å². The number of benzene rings is 1. The Bertz CT molecular complexity index is 514. The maximum Gasteiger partial charge on any atom is 0.257 e. The van der Waals surface area contributed by atoms with E-state index in [0.29, 0.717) is 6.61 Å². The quantitative estimate of drug-likeness (QED) is 0.820. The van der Waals surface area contributed by atoms with Gasteiger partial charge in [-0.05, 0) is 18.1 Å². The topological polar surface area (TPSA) is 65.0 Å². The van der Waals surface area contributed by atoms with Crippen molar-refractivity contribution in [3.8, 4) is 0 Å². The smallest absolute Gasteiger partial charge is 0.257 e. The van der Waals surface area contributed by atoms with Crippen molar-refractivity contribution in [1.29, 1.82) is 0 Å². The molecule has 92 valence electrons.